The second-order valence-corrected chi connectivity index (χ2v) is 7.59. The summed E-state index contributed by atoms with van der Waals surface area (Å²) in [5.41, 5.74) is -0.863. The molecule has 1 N–H and O–H groups in total. The topological polar surface area (TPSA) is 115 Å². The minimum absolute atomic E-state index is 0.0604. The molecule has 0 radical (unpaired) electrons. The number of carbonyl (C=O) groups excluding carboxylic acids is 3. The van der Waals surface area contributed by atoms with Crippen molar-refractivity contribution in [3.63, 3.8) is 0 Å². The van der Waals surface area contributed by atoms with Crippen molar-refractivity contribution in [2.45, 2.75) is 91.3 Å². The predicted octanol–water partition coefficient (Wildman–Crippen LogP) is 3.27. The Bertz CT molecular complexity index is 561. The average Bonchev–Trinajstić information content (AvgIpc) is 2.92. The summed E-state index contributed by atoms with van der Waals surface area (Å²) in [5, 5.41) is 8.21. The highest BCUT2D eigenvalue weighted by molar-refractivity contribution is 6.01. The standard InChI is InChI=1S/C19H32N2O7/c1-6-8-9-14(7-2)17(24)27-28-19(4,5)12-13(3)25-18(20)26-21-15(22)10-11-16(21)23/h13-14,20H,6-12H2,1-5H3. The van der Waals surface area contributed by atoms with E-state index < -0.39 is 29.6 Å². The van der Waals surface area contributed by atoms with Crippen LogP contribution in [0.15, 0.2) is 0 Å². The van der Waals surface area contributed by atoms with E-state index in [1.807, 2.05) is 6.92 Å². The summed E-state index contributed by atoms with van der Waals surface area (Å²) in [6, 6.07) is 0. The molecule has 1 aliphatic rings. The van der Waals surface area contributed by atoms with Crippen LogP contribution in [0.5, 0.6) is 0 Å². The van der Waals surface area contributed by atoms with Crippen molar-refractivity contribution >= 4 is 23.9 Å². The van der Waals surface area contributed by atoms with Gasteiger partial charge in [-0.15, -0.1) is 5.06 Å². The number of rotatable bonds is 11. The van der Waals surface area contributed by atoms with E-state index in [-0.39, 0.29) is 31.1 Å². The van der Waals surface area contributed by atoms with Crippen molar-refractivity contribution in [3.05, 3.63) is 0 Å². The third-order valence-corrected chi connectivity index (χ3v) is 4.35. The first-order valence-corrected chi connectivity index (χ1v) is 9.78. The van der Waals surface area contributed by atoms with Gasteiger partial charge in [0.15, 0.2) is 0 Å². The number of carbonyl (C=O) groups is 3. The molecular formula is C19H32N2O7. The van der Waals surface area contributed by atoms with E-state index in [0.29, 0.717) is 11.5 Å². The Hall–Kier alpha value is -2.16. The zero-order valence-electron chi connectivity index (χ0n) is 17.4. The van der Waals surface area contributed by atoms with Crippen LogP contribution in [-0.4, -0.2) is 40.6 Å². The summed E-state index contributed by atoms with van der Waals surface area (Å²) >= 11 is 0. The number of unbranched alkanes of at least 4 members (excludes halogenated alkanes) is 1. The summed E-state index contributed by atoms with van der Waals surface area (Å²) in [6.07, 6.45) is 2.60. The zero-order chi connectivity index (χ0) is 21.3. The summed E-state index contributed by atoms with van der Waals surface area (Å²) in [7, 11) is 0. The highest BCUT2D eigenvalue weighted by atomic mass is 17.2. The molecule has 0 aromatic carbocycles. The number of nitrogens with one attached hydrogen (secondary N) is 1. The molecule has 0 aromatic heterocycles. The Balaban J connectivity index is 2.43. The van der Waals surface area contributed by atoms with Crippen LogP contribution in [-0.2, 0) is 33.7 Å². The summed E-state index contributed by atoms with van der Waals surface area (Å²) in [5.74, 6) is -1.59. The Morgan fingerprint density at radius 2 is 1.82 bits per heavy atom. The van der Waals surface area contributed by atoms with Crippen LogP contribution >= 0.6 is 0 Å². The molecule has 1 rings (SSSR count). The number of imide groups is 1. The van der Waals surface area contributed by atoms with Gasteiger partial charge in [0, 0.05) is 19.3 Å². The highest BCUT2D eigenvalue weighted by Crippen LogP contribution is 2.22. The molecule has 160 valence electrons. The van der Waals surface area contributed by atoms with Gasteiger partial charge in [0.25, 0.3) is 11.8 Å². The molecule has 28 heavy (non-hydrogen) atoms. The van der Waals surface area contributed by atoms with Gasteiger partial charge in [-0.2, -0.15) is 4.89 Å². The lowest BCUT2D eigenvalue weighted by atomic mass is 10.00. The first-order valence-electron chi connectivity index (χ1n) is 9.78. The number of amides is 2. The third kappa shape index (κ3) is 7.84. The van der Waals surface area contributed by atoms with Crippen LogP contribution in [0.25, 0.3) is 0 Å². The molecule has 1 heterocycles. The maximum atomic E-state index is 12.1. The van der Waals surface area contributed by atoms with Crippen molar-refractivity contribution in [3.8, 4) is 0 Å². The highest BCUT2D eigenvalue weighted by Gasteiger charge is 2.33. The van der Waals surface area contributed by atoms with Crippen molar-refractivity contribution in [2.24, 2.45) is 5.92 Å². The molecule has 0 bridgehead atoms. The van der Waals surface area contributed by atoms with Gasteiger partial charge >= 0.3 is 12.1 Å². The fourth-order valence-corrected chi connectivity index (χ4v) is 2.87. The monoisotopic (exact) mass is 400 g/mol. The zero-order valence-corrected chi connectivity index (χ0v) is 17.4. The first-order chi connectivity index (χ1) is 13.1. The van der Waals surface area contributed by atoms with Crippen LogP contribution in [0.2, 0.25) is 0 Å². The fraction of sp³-hybridized carbons (Fsp3) is 0.789. The molecule has 2 unspecified atom stereocenters. The maximum Gasteiger partial charge on any atom is 0.406 e. The Morgan fingerprint density at radius 3 is 2.36 bits per heavy atom. The Kier molecular flexibility index (Phi) is 9.37. The molecule has 0 aliphatic carbocycles. The summed E-state index contributed by atoms with van der Waals surface area (Å²) in [4.78, 5) is 50.3. The third-order valence-electron chi connectivity index (χ3n) is 4.35. The quantitative estimate of drug-likeness (QED) is 0.186. The SMILES string of the molecule is CCCCC(CC)C(=O)OOC(C)(C)CC(C)OC(=N)ON1C(=O)CCC1=O. The van der Waals surface area contributed by atoms with E-state index in [1.165, 1.54) is 0 Å². The number of nitrogens with zero attached hydrogens (tertiary/aromatic N) is 1. The minimum Gasteiger partial charge on any atom is -0.446 e. The average molecular weight is 400 g/mol. The lowest BCUT2D eigenvalue weighted by Gasteiger charge is -2.27. The fourth-order valence-electron chi connectivity index (χ4n) is 2.87. The van der Waals surface area contributed by atoms with Crippen molar-refractivity contribution in [1.82, 2.24) is 5.06 Å². The number of ether oxygens (including phenoxy) is 1. The van der Waals surface area contributed by atoms with Crippen molar-refractivity contribution in [2.75, 3.05) is 0 Å². The van der Waals surface area contributed by atoms with Gasteiger partial charge in [0.1, 0.15) is 11.7 Å². The minimum atomic E-state index is -0.863. The molecule has 2 amide bonds. The largest absolute Gasteiger partial charge is 0.446 e. The Labute approximate surface area is 166 Å². The molecule has 9 nitrogen and oxygen atoms in total. The van der Waals surface area contributed by atoms with E-state index in [0.717, 1.165) is 19.3 Å². The van der Waals surface area contributed by atoms with Crippen LogP contribution < -0.4 is 0 Å². The van der Waals surface area contributed by atoms with Gasteiger partial charge < -0.3 is 9.57 Å². The summed E-state index contributed by atoms with van der Waals surface area (Å²) < 4.78 is 5.27. The number of hydrogen-bond donors (Lipinski definition) is 1. The normalized spacial score (nSPS) is 16.7. The molecular weight excluding hydrogens is 368 g/mol. The number of hydroxylamine groups is 2. The summed E-state index contributed by atoms with van der Waals surface area (Å²) in [6.45, 7) is 9.13. The molecule has 9 heteroatoms. The molecule has 0 saturated carbocycles. The molecule has 1 aliphatic heterocycles. The lowest BCUT2D eigenvalue weighted by molar-refractivity contribution is -0.331. The number of hydrogen-bond acceptors (Lipinski definition) is 8. The van der Waals surface area contributed by atoms with E-state index in [9.17, 15) is 14.4 Å². The van der Waals surface area contributed by atoms with Crippen molar-refractivity contribution in [1.29, 1.82) is 5.41 Å². The van der Waals surface area contributed by atoms with Crippen LogP contribution in [0.1, 0.15) is 79.6 Å². The molecule has 0 spiro atoms. The van der Waals surface area contributed by atoms with Crippen LogP contribution in [0.3, 0.4) is 0 Å². The maximum absolute atomic E-state index is 12.1. The van der Waals surface area contributed by atoms with Gasteiger partial charge in [0.2, 0.25) is 0 Å². The van der Waals surface area contributed by atoms with Gasteiger partial charge in [-0.3, -0.25) is 14.5 Å². The Morgan fingerprint density at radius 1 is 1.21 bits per heavy atom. The van der Waals surface area contributed by atoms with E-state index in [1.54, 1.807) is 20.8 Å². The molecule has 0 aromatic rings. The molecule has 1 saturated heterocycles. The predicted molar refractivity (Wildman–Crippen MR) is 99.6 cm³/mol. The second-order valence-electron chi connectivity index (χ2n) is 7.59. The van der Waals surface area contributed by atoms with E-state index in [2.05, 4.69) is 6.92 Å². The molecule has 1 fully saturated rings. The van der Waals surface area contributed by atoms with Gasteiger partial charge in [0.05, 0.1) is 5.92 Å². The van der Waals surface area contributed by atoms with Gasteiger partial charge in [-0.05, 0) is 33.6 Å². The second kappa shape index (κ2) is 11.0. The smallest absolute Gasteiger partial charge is 0.406 e. The first kappa shape index (κ1) is 23.9. The van der Waals surface area contributed by atoms with Gasteiger partial charge in [-0.25, -0.2) is 10.2 Å². The van der Waals surface area contributed by atoms with E-state index in [4.69, 9.17) is 24.8 Å². The lowest BCUT2D eigenvalue weighted by Crippen LogP contribution is -2.36. The molecule has 2 atom stereocenters. The van der Waals surface area contributed by atoms with Crippen molar-refractivity contribution < 1.29 is 33.7 Å². The van der Waals surface area contributed by atoms with Gasteiger partial charge in [-0.1, -0.05) is 26.7 Å². The van der Waals surface area contributed by atoms with Crippen LogP contribution in [0.4, 0.5) is 0 Å². The van der Waals surface area contributed by atoms with Crippen LogP contribution in [0, 0.1) is 11.3 Å². The van der Waals surface area contributed by atoms with E-state index >= 15 is 0 Å².